The van der Waals surface area contributed by atoms with Gasteiger partial charge in [-0.15, -0.1) is 0 Å². The van der Waals surface area contributed by atoms with Crippen molar-refractivity contribution in [1.82, 2.24) is 30.2 Å². The van der Waals surface area contributed by atoms with Gasteiger partial charge in [0.2, 0.25) is 0 Å². The van der Waals surface area contributed by atoms with Gasteiger partial charge >= 0.3 is 6.03 Å². The molecule has 2 aliphatic rings. The van der Waals surface area contributed by atoms with Crippen molar-refractivity contribution in [3.63, 3.8) is 0 Å². The highest BCUT2D eigenvalue weighted by Crippen LogP contribution is 2.29. The number of benzene rings is 1. The number of rotatable bonds is 6. The summed E-state index contributed by atoms with van der Waals surface area (Å²) >= 11 is 0. The zero-order valence-corrected chi connectivity index (χ0v) is 17.9. The van der Waals surface area contributed by atoms with E-state index >= 15 is 0 Å². The largest absolute Gasteiger partial charge is 0.367 e. The quantitative estimate of drug-likeness (QED) is 0.261. The molecule has 1 saturated carbocycles. The number of anilines is 3. The highest BCUT2D eigenvalue weighted by atomic mass is 16.2. The third-order valence-corrected chi connectivity index (χ3v) is 5.60. The normalized spacial score (nSPS) is 16.5. The summed E-state index contributed by atoms with van der Waals surface area (Å²) in [7, 11) is 0. The van der Waals surface area contributed by atoms with Crippen LogP contribution in [0.4, 0.5) is 22.1 Å². The highest BCUT2D eigenvalue weighted by molar-refractivity contribution is 6.14. The molecule has 34 heavy (non-hydrogen) atoms. The van der Waals surface area contributed by atoms with Gasteiger partial charge in [0.05, 0.1) is 6.20 Å². The summed E-state index contributed by atoms with van der Waals surface area (Å²) in [6.45, 7) is 0. The summed E-state index contributed by atoms with van der Waals surface area (Å²) in [6.07, 6.45) is 8.98. The van der Waals surface area contributed by atoms with Gasteiger partial charge in [-0.3, -0.25) is 15.1 Å². The zero-order chi connectivity index (χ0) is 23.1. The molecule has 1 aliphatic carbocycles. The van der Waals surface area contributed by atoms with Gasteiger partial charge in [0.15, 0.2) is 5.65 Å². The van der Waals surface area contributed by atoms with E-state index in [1.54, 1.807) is 23.0 Å². The smallest absolute Gasteiger partial charge is 0.326 e. The Kier molecular flexibility index (Phi) is 4.69. The molecule has 0 atom stereocenters. The third kappa shape index (κ3) is 3.92. The van der Waals surface area contributed by atoms with E-state index in [0.29, 0.717) is 23.1 Å². The van der Waals surface area contributed by atoms with E-state index in [1.807, 2.05) is 48.7 Å². The van der Waals surface area contributed by atoms with Crippen LogP contribution >= 0.6 is 0 Å². The van der Waals surface area contributed by atoms with Gasteiger partial charge in [0, 0.05) is 35.8 Å². The number of amides is 3. The Labute approximate surface area is 194 Å². The van der Waals surface area contributed by atoms with Crippen LogP contribution in [0, 0.1) is 0 Å². The van der Waals surface area contributed by atoms with Crippen LogP contribution < -0.4 is 21.3 Å². The van der Waals surface area contributed by atoms with Crippen LogP contribution in [-0.2, 0) is 4.79 Å². The molecule has 10 nitrogen and oxygen atoms in total. The Bertz CT molecular complexity index is 1440. The van der Waals surface area contributed by atoms with Gasteiger partial charge < -0.3 is 16.0 Å². The summed E-state index contributed by atoms with van der Waals surface area (Å²) in [5.74, 6) is 0.944. The molecule has 3 amide bonds. The fourth-order valence-corrected chi connectivity index (χ4v) is 3.75. The van der Waals surface area contributed by atoms with Gasteiger partial charge in [0.1, 0.15) is 17.3 Å². The van der Waals surface area contributed by atoms with Gasteiger partial charge in [-0.25, -0.2) is 9.78 Å². The predicted molar refractivity (Wildman–Crippen MR) is 127 cm³/mol. The molecule has 4 heterocycles. The van der Waals surface area contributed by atoms with Crippen molar-refractivity contribution in [3.8, 4) is 11.1 Å². The van der Waals surface area contributed by atoms with Crippen molar-refractivity contribution >= 4 is 41.0 Å². The van der Waals surface area contributed by atoms with Gasteiger partial charge in [-0.2, -0.15) is 9.61 Å². The summed E-state index contributed by atoms with van der Waals surface area (Å²) < 4.78 is 1.70. The second kappa shape index (κ2) is 8.00. The van der Waals surface area contributed by atoms with E-state index in [1.165, 1.54) is 0 Å². The zero-order valence-electron chi connectivity index (χ0n) is 17.9. The first-order valence-corrected chi connectivity index (χ1v) is 10.9. The Morgan fingerprint density at radius 2 is 1.88 bits per heavy atom. The lowest BCUT2D eigenvalue weighted by molar-refractivity contribution is -0.115. The first kappa shape index (κ1) is 19.9. The Balaban J connectivity index is 1.34. The minimum Gasteiger partial charge on any atom is -0.367 e. The molecule has 1 saturated heterocycles. The molecular weight excluding hydrogens is 432 g/mol. The van der Waals surface area contributed by atoms with Crippen molar-refractivity contribution in [2.24, 2.45) is 0 Å². The van der Waals surface area contributed by atoms with Crippen LogP contribution in [0.1, 0.15) is 18.4 Å². The molecule has 0 spiro atoms. The number of nitrogens with one attached hydrogen (secondary N) is 4. The van der Waals surface area contributed by atoms with Gasteiger partial charge in [0.25, 0.3) is 5.91 Å². The summed E-state index contributed by atoms with van der Waals surface area (Å²) in [5, 5.41) is 16.0. The van der Waals surface area contributed by atoms with E-state index in [2.05, 4.69) is 31.3 Å². The Hall–Kier alpha value is -4.73. The molecular formula is C24H20N8O2. The lowest BCUT2D eigenvalue weighted by Gasteiger charge is -2.12. The summed E-state index contributed by atoms with van der Waals surface area (Å²) in [6, 6.07) is 13.7. The van der Waals surface area contributed by atoms with Crippen LogP contribution in [0.25, 0.3) is 22.9 Å². The van der Waals surface area contributed by atoms with E-state index < -0.39 is 11.9 Å². The number of carbonyl (C=O) groups excluding carboxylic acids is 2. The second-order valence-electron chi connectivity index (χ2n) is 8.19. The molecule has 0 unspecified atom stereocenters. The van der Waals surface area contributed by atoms with Crippen LogP contribution in [-0.4, -0.2) is 37.6 Å². The fourth-order valence-electron chi connectivity index (χ4n) is 3.75. The monoisotopic (exact) mass is 452 g/mol. The maximum Gasteiger partial charge on any atom is 0.326 e. The van der Waals surface area contributed by atoms with Gasteiger partial charge in [-0.1, -0.05) is 18.2 Å². The number of urea groups is 1. The lowest BCUT2D eigenvalue weighted by atomic mass is 10.1. The number of nitrogens with zero attached hydrogens (tertiary/aromatic N) is 4. The average molecular weight is 452 g/mol. The van der Waals surface area contributed by atoms with E-state index in [0.717, 1.165) is 35.5 Å². The second-order valence-corrected chi connectivity index (χ2v) is 8.19. The molecule has 168 valence electrons. The summed E-state index contributed by atoms with van der Waals surface area (Å²) in [4.78, 5) is 32.3. The Morgan fingerprint density at radius 3 is 2.59 bits per heavy atom. The molecule has 0 bridgehead atoms. The minimum atomic E-state index is -0.547. The van der Waals surface area contributed by atoms with Crippen molar-refractivity contribution in [3.05, 3.63) is 72.3 Å². The van der Waals surface area contributed by atoms with E-state index in [4.69, 9.17) is 4.98 Å². The third-order valence-electron chi connectivity index (χ3n) is 5.60. The lowest BCUT2D eigenvalue weighted by Crippen LogP contribution is -2.22. The number of aromatic nitrogens is 4. The van der Waals surface area contributed by atoms with Crippen LogP contribution in [0.15, 0.2) is 66.8 Å². The number of imide groups is 1. The molecule has 4 N–H and O–H groups in total. The Morgan fingerprint density at radius 1 is 1.03 bits per heavy atom. The topological polar surface area (TPSA) is 125 Å². The molecule has 6 rings (SSSR count). The maximum atomic E-state index is 12.0. The molecule has 0 radical (unpaired) electrons. The molecule has 4 aromatic rings. The molecule has 2 fully saturated rings. The predicted octanol–water partition coefficient (Wildman–Crippen LogP) is 3.29. The SMILES string of the molecule is O=C1NC(=O)/C(=C/c2cnn3c(NC4CC4)cc(Nc4ccc(-c5cccnc5)cc4)nc23)N1. The minimum absolute atomic E-state index is 0.155. The summed E-state index contributed by atoms with van der Waals surface area (Å²) in [5.41, 5.74) is 4.32. The van der Waals surface area contributed by atoms with Crippen molar-refractivity contribution < 1.29 is 9.59 Å². The van der Waals surface area contributed by atoms with Crippen molar-refractivity contribution in [2.75, 3.05) is 10.6 Å². The van der Waals surface area contributed by atoms with E-state index in [9.17, 15) is 9.59 Å². The number of hydrogen-bond acceptors (Lipinski definition) is 7. The number of pyridine rings is 1. The fraction of sp³-hybridized carbons (Fsp3) is 0.125. The standard InChI is InChI=1S/C24H20N8O2/c33-23-19(29-24(34)31-23)10-16-13-26-32-21(28-18-7-8-18)11-20(30-22(16)32)27-17-5-3-14(4-6-17)15-2-1-9-25-12-15/h1-6,9-13,18,28H,7-8H2,(H,27,30)(H2,29,31,33,34)/b19-10-. The highest BCUT2D eigenvalue weighted by Gasteiger charge is 2.25. The van der Waals surface area contributed by atoms with Gasteiger partial charge in [-0.05, 0) is 48.2 Å². The van der Waals surface area contributed by atoms with Crippen LogP contribution in [0.3, 0.4) is 0 Å². The number of hydrogen-bond donors (Lipinski definition) is 4. The number of fused-ring (bicyclic) bond motifs is 1. The molecule has 3 aromatic heterocycles. The number of carbonyl (C=O) groups is 2. The average Bonchev–Trinajstić information content (AvgIpc) is 3.48. The first-order valence-electron chi connectivity index (χ1n) is 10.9. The van der Waals surface area contributed by atoms with Crippen LogP contribution in [0.5, 0.6) is 0 Å². The van der Waals surface area contributed by atoms with E-state index in [-0.39, 0.29) is 5.70 Å². The maximum absolute atomic E-state index is 12.0. The molecule has 1 aliphatic heterocycles. The van der Waals surface area contributed by atoms with Crippen molar-refractivity contribution in [1.29, 1.82) is 0 Å². The van der Waals surface area contributed by atoms with Crippen molar-refractivity contribution in [2.45, 2.75) is 18.9 Å². The first-order chi connectivity index (χ1) is 16.6. The molecule has 10 heteroatoms. The van der Waals surface area contributed by atoms with Crippen LogP contribution in [0.2, 0.25) is 0 Å². The molecule has 1 aromatic carbocycles.